The zero-order valence-corrected chi connectivity index (χ0v) is 13.9. The number of hydrogen-bond donors (Lipinski definition) is 1. The van der Waals surface area contributed by atoms with E-state index in [1.54, 1.807) is 6.20 Å². The van der Waals surface area contributed by atoms with Crippen LogP contribution in [0, 0.1) is 13.8 Å². The number of rotatable bonds is 2. The molecule has 0 amide bonds. The summed E-state index contributed by atoms with van der Waals surface area (Å²) in [5.74, 6) is 0.998. The lowest BCUT2D eigenvalue weighted by Gasteiger charge is -2.33. The average Bonchev–Trinajstić information content (AvgIpc) is 3.26. The van der Waals surface area contributed by atoms with Gasteiger partial charge in [0.15, 0.2) is 5.65 Å². The lowest BCUT2D eigenvalue weighted by atomic mass is 10.1. The first-order chi connectivity index (χ1) is 11.7. The number of morpholine rings is 1. The number of ether oxygens (including phenoxy) is 1. The number of hydrogen-bond acceptors (Lipinski definition) is 5. The summed E-state index contributed by atoms with van der Waals surface area (Å²) in [7, 11) is 0. The molecule has 5 rings (SSSR count). The maximum Gasteiger partial charge on any atom is 0.158 e. The maximum atomic E-state index is 5.96. The second-order valence-electron chi connectivity index (χ2n) is 6.77. The van der Waals surface area contributed by atoms with Crippen LogP contribution < -0.4 is 4.90 Å². The average molecular weight is 324 g/mol. The highest BCUT2D eigenvalue weighted by Crippen LogP contribution is 2.32. The molecule has 2 saturated heterocycles. The fourth-order valence-electron chi connectivity index (χ4n) is 3.97. The molecule has 3 aromatic heterocycles. The van der Waals surface area contributed by atoms with Crippen LogP contribution in [0.3, 0.4) is 0 Å². The first-order valence-corrected chi connectivity index (χ1v) is 8.46. The third-order valence-corrected chi connectivity index (χ3v) is 5.10. The number of aromatic nitrogens is 5. The van der Waals surface area contributed by atoms with Gasteiger partial charge in [-0.15, -0.1) is 0 Å². The molecule has 2 unspecified atom stereocenters. The van der Waals surface area contributed by atoms with E-state index in [1.807, 2.05) is 24.4 Å². The smallest absolute Gasteiger partial charge is 0.158 e. The van der Waals surface area contributed by atoms with Gasteiger partial charge in [-0.05, 0) is 26.7 Å². The Bertz CT molecular complexity index is 882. The summed E-state index contributed by atoms with van der Waals surface area (Å²) in [6, 6.07) is 4.09. The molecule has 2 fully saturated rings. The molecule has 0 aromatic carbocycles. The molecular formula is C17H20N6O. The molecule has 0 aliphatic carbocycles. The Morgan fingerprint density at radius 2 is 2.00 bits per heavy atom. The Balaban J connectivity index is 1.66. The minimum Gasteiger partial charge on any atom is -0.371 e. The number of fused-ring (bicyclic) bond motifs is 3. The van der Waals surface area contributed by atoms with Crippen molar-refractivity contribution in [2.45, 2.75) is 38.9 Å². The van der Waals surface area contributed by atoms with Gasteiger partial charge in [0, 0.05) is 36.5 Å². The fourth-order valence-corrected chi connectivity index (χ4v) is 3.97. The van der Waals surface area contributed by atoms with Crippen molar-refractivity contribution in [1.29, 1.82) is 0 Å². The number of nitrogens with zero attached hydrogens (tertiary/aromatic N) is 5. The lowest BCUT2D eigenvalue weighted by Crippen LogP contribution is -2.43. The van der Waals surface area contributed by atoms with Crippen LogP contribution in [0.4, 0.5) is 5.82 Å². The fraction of sp³-hybridized carbons (Fsp3) is 0.471. The van der Waals surface area contributed by atoms with Gasteiger partial charge in [-0.3, -0.25) is 5.10 Å². The Labute approximate surface area is 139 Å². The third kappa shape index (κ3) is 2.04. The van der Waals surface area contributed by atoms with E-state index < -0.39 is 0 Å². The van der Waals surface area contributed by atoms with Crippen LogP contribution in [0.5, 0.6) is 0 Å². The zero-order chi connectivity index (χ0) is 16.3. The number of anilines is 1. The van der Waals surface area contributed by atoms with Crippen LogP contribution in [-0.2, 0) is 4.74 Å². The van der Waals surface area contributed by atoms with Crippen molar-refractivity contribution in [3.8, 4) is 11.3 Å². The van der Waals surface area contributed by atoms with Crippen LogP contribution in [0.25, 0.3) is 16.9 Å². The van der Waals surface area contributed by atoms with Crippen molar-refractivity contribution >= 4 is 11.5 Å². The molecule has 7 heteroatoms. The Morgan fingerprint density at radius 3 is 2.71 bits per heavy atom. The summed E-state index contributed by atoms with van der Waals surface area (Å²) in [5, 5.41) is 11.9. The van der Waals surface area contributed by atoms with Crippen molar-refractivity contribution in [1.82, 2.24) is 24.8 Å². The van der Waals surface area contributed by atoms with Gasteiger partial charge >= 0.3 is 0 Å². The minimum absolute atomic E-state index is 0.340. The van der Waals surface area contributed by atoms with Crippen LogP contribution >= 0.6 is 0 Å². The predicted octanol–water partition coefficient (Wildman–Crippen LogP) is 2.10. The SMILES string of the molecule is Cc1n[nH]c(C)c1-c1cc(N2CC3CCC(C2)O3)nc2ccnn12. The molecule has 0 radical (unpaired) electrons. The molecule has 0 spiro atoms. The minimum atomic E-state index is 0.340. The second-order valence-corrected chi connectivity index (χ2v) is 6.77. The molecule has 2 atom stereocenters. The topological polar surface area (TPSA) is 71.3 Å². The van der Waals surface area contributed by atoms with Crippen molar-refractivity contribution in [3.63, 3.8) is 0 Å². The molecule has 5 heterocycles. The van der Waals surface area contributed by atoms with E-state index in [2.05, 4.69) is 26.3 Å². The maximum absolute atomic E-state index is 5.96. The summed E-state index contributed by atoms with van der Waals surface area (Å²) in [4.78, 5) is 7.18. The molecule has 2 aliphatic rings. The quantitative estimate of drug-likeness (QED) is 0.782. The molecular weight excluding hydrogens is 304 g/mol. The molecule has 124 valence electrons. The lowest BCUT2D eigenvalue weighted by molar-refractivity contribution is 0.0302. The highest BCUT2D eigenvalue weighted by atomic mass is 16.5. The van der Waals surface area contributed by atoms with E-state index >= 15 is 0 Å². The van der Waals surface area contributed by atoms with Crippen molar-refractivity contribution in [2.24, 2.45) is 0 Å². The summed E-state index contributed by atoms with van der Waals surface area (Å²) < 4.78 is 7.85. The third-order valence-electron chi connectivity index (χ3n) is 5.10. The van der Waals surface area contributed by atoms with Crippen molar-refractivity contribution in [3.05, 3.63) is 29.7 Å². The molecule has 3 aromatic rings. The molecule has 2 aliphatic heterocycles. The van der Waals surface area contributed by atoms with Crippen LogP contribution in [0.1, 0.15) is 24.2 Å². The summed E-state index contributed by atoms with van der Waals surface area (Å²) >= 11 is 0. The number of H-pyrrole nitrogens is 1. The summed E-state index contributed by atoms with van der Waals surface area (Å²) in [6.45, 7) is 5.89. The number of aromatic amines is 1. The largest absolute Gasteiger partial charge is 0.371 e. The van der Waals surface area contributed by atoms with Gasteiger partial charge in [-0.1, -0.05) is 0 Å². The predicted molar refractivity (Wildman–Crippen MR) is 90.2 cm³/mol. The number of nitrogens with one attached hydrogen (secondary N) is 1. The normalized spacial score (nSPS) is 23.3. The molecule has 24 heavy (non-hydrogen) atoms. The standard InChI is InChI=1S/C17H20N6O/c1-10-17(11(2)21-20-10)14-7-16(19-15-5-6-18-23(14)15)22-8-12-3-4-13(9-22)24-12/h5-7,12-13H,3-4,8-9H2,1-2H3,(H,20,21). The van der Waals surface area contributed by atoms with Gasteiger partial charge < -0.3 is 9.64 Å². The molecule has 0 saturated carbocycles. The molecule has 7 nitrogen and oxygen atoms in total. The second kappa shape index (κ2) is 5.04. The van der Waals surface area contributed by atoms with Crippen LogP contribution in [-0.4, -0.2) is 50.1 Å². The first kappa shape index (κ1) is 14.0. The van der Waals surface area contributed by atoms with Crippen molar-refractivity contribution < 1.29 is 4.74 Å². The highest BCUT2D eigenvalue weighted by Gasteiger charge is 2.34. The highest BCUT2D eigenvalue weighted by molar-refractivity contribution is 5.70. The van der Waals surface area contributed by atoms with Gasteiger partial charge in [-0.25, -0.2) is 9.50 Å². The Morgan fingerprint density at radius 1 is 1.21 bits per heavy atom. The zero-order valence-electron chi connectivity index (χ0n) is 13.9. The monoisotopic (exact) mass is 324 g/mol. The Hall–Kier alpha value is -2.41. The van der Waals surface area contributed by atoms with E-state index in [9.17, 15) is 0 Å². The van der Waals surface area contributed by atoms with E-state index in [4.69, 9.17) is 9.72 Å². The van der Waals surface area contributed by atoms with Gasteiger partial charge in [0.05, 0.1) is 29.8 Å². The van der Waals surface area contributed by atoms with Gasteiger partial charge in [0.1, 0.15) is 5.82 Å². The van der Waals surface area contributed by atoms with E-state index in [-0.39, 0.29) is 0 Å². The van der Waals surface area contributed by atoms with E-state index in [1.165, 1.54) is 0 Å². The van der Waals surface area contributed by atoms with Gasteiger partial charge in [0.25, 0.3) is 0 Å². The summed E-state index contributed by atoms with van der Waals surface area (Å²) in [6.07, 6.45) is 4.79. The van der Waals surface area contributed by atoms with E-state index in [0.29, 0.717) is 12.2 Å². The molecule has 2 bridgehead atoms. The van der Waals surface area contributed by atoms with Gasteiger partial charge in [0.2, 0.25) is 0 Å². The van der Waals surface area contributed by atoms with Crippen LogP contribution in [0.2, 0.25) is 0 Å². The van der Waals surface area contributed by atoms with Gasteiger partial charge in [-0.2, -0.15) is 10.2 Å². The summed E-state index contributed by atoms with van der Waals surface area (Å²) in [5.41, 5.74) is 5.01. The first-order valence-electron chi connectivity index (χ1n) is 8.46. The number of aryl methyl sites for hydroxylation is 2. The van der Waals surface area contributed by atoms with Crippen LogP contribution in [0.15, 0.2) is 18.3 Å². The Kier molecular flexibility index (Phi) is 2.94. The van der Waals surface area contributed by atoms with E-state index in [0.717, 1.165) is 60.0 Å². The van der Waals surface area contributed by atoms with Crippen molar-refractivity contribution in [2.75, 3.05) is 18.0 Å². The molecule has 1 N–H and O–H groups in total.